The molecule has 3 nitrogen and oxygen atoms in total. The van der Waals surface area contributed by atoms with Crippen LogP contribution < -0.4 is 4.74 Å². The Morgan fingerprint density at radius 1 is 1.47 bits per heavy atom. The number of nitrogens with zero attached hydrogens (tertiary/aromatic N) is 2. The van der Waals surface area contributed by atoms with E-state index in [1.165, 1.54) is 44.3 Å². The van der Waals surface area contributed by atoms with Crippen molar-refractivity contribution in [3.05, 3.63) is 23.9 Å². The van der Waals surface area contributed by atoms with Crippen LogP contribution in [0, 0.1) is 0 Å². The topological polar surface area (TPSA) is 25.4 Å². The van der Waals surface area contributed by atoms with Gasteiger partial charge < -0.3 is 4.74 Å². The number of hydrogen-bond donors (Lipinski definition) is 0. The molecule has 1 saturated heterocycles. The van der Waals surface area contributed by atoms with Crippen LogP contribution in [0.5, 0.6) is 5.88 Å². The molecule has 0 unspecified atom stereocenters. The number of unbranched alkanes of at least 4 members (excludes halogenated alkanes) is 1. The summed E-state index contributed by atoms with van der Waals surface area (Å²) in [5, 5.41) is 0. The largest absolute Gasteiger partial charge is 0.481 e. The smallest absolute Gasteiger partial charge is 0.212 e. The maximum atomic E-state index is 5.10. The molecule has 0 spiro atoms. The Morgan fingerprint density at radius 2 is 2.35 bits per heavy atom. The van der Waals surface area contributed by atoms with Crippen LogP contribution in [-0.4, -0.2) is 30.1 Å². The Morgan fingerprint density at radius 3 is 3.00 bits per heavy atom. The van der Waals surface area contributed by atoms with Crippen molar-refractivity contribution in [2.45, 2.75) is 38.6 Å². The third kappa shape index (κ3) is 2.97. The lowest BCUT2D eigenvalue weighted by molar-refractivity contribution is 0.252. The molecule has 0 saturated carbocycles. The number of pyridine rings is 1. The lowest BCUT2D eigenvalue weighted by Gasteiger charge is -2.24. The number of methoxy groups -OCH3 is 1. The van der Waals surface area contributed by atoms with Gasteiger partial charge in [-0.25, -0.2) is 4.98 Å². The molecular weight excluding hydrogens is 212 g/mol. The lowest BCUT2D eigenvalue weighted by atomic mass is 10.1. The van der Waals surface area contributed by atoms with Gasteiger partial charge in [0.15, 0.2) is 0 Å². The van der Waals surface area contributed by atoms with E-state index in [-0.39, 0.29) is 0 Å². The molecule has 1 aromatic heterocycles. The molecule has 0 aromatic carbocycles. The highest BCUT2D eigenvalue weighted by Gasteiger charge is 2.25. The fraction of sp³-hybridized carbons (Fsp3) is 0.643. The van der Waals surface area contributed by atoms with Gasteiger partial charge in [-0.15, -0.1) is 0 Å². The van der Waals surface area contributed by atoms with Gasteiger partial charge in [-0.05, 0) is 37.9 Å². The molecule has 1 aliphatic heterocycles. The van der Waals surface area contributed by atoms with Crippen LogP contribution >= 0.6 is 0 Å². The van der Waals surface area contributed by atoms with Crippen LogP contribution in [0.25, 0.3) is 0 Å². The van der Waals surface area contributed by atoms with Gasteiger partial charge in [0.25, 0.3) is 0 Å². The Labute approximate surface area is 104 Å². The number of likely N-dealkylation sites (tertiary alicyclic amines) is 1. The van der Waals surface area contributed by atoms with E-state index in [4.69, 9.17) is 4.74 Å². The summed E-state index contributed by atoms with van der Waals surface area (Å²) in [5.41, 5.74) is 1.33. The second-order valence-electron chi connectivity index (χ2n) is 4.68. The minimum absolute atomic E-state index is 0.569. The number of ether oxygens (including phenoxy) is 1. The maximum Gasteiger partial charge on any atom is 0.212 e. The van der Waals surface area contributed by atoms with Crippen LogP contribution in [0.1, 0.15) is 44.2 Å². The van der Waals surface area contributed by atoms with Crippen molar-refractivity contribution >= 4 is 0 Å². The summed E-state index contributed by atoms with van der Waals surface area (Å²) >= 11 is 0. The third-order valence-corrected chi connectivity index (χ3v) is 3.52. The van der Waals surface area contributed by atoms with E-state index >= 15 is 0 Å². The summed E-state index contributed by atoms with van der Waals surface area (Å²) in [7, 11) is 1.66. The second kappa shape index (κ2) is 6.01. The molecule has 17 heavy (non-hydrogen) atoms. The molecule has 0 aliphatic carbocycles. The molecule has 1 aliphatic rings. The highest BCUT2D eigenvalue weighted by molar-refractivity contribution is 5.21. The van der Waals surface area contributed by atoms with Crippen LogP contribution in [0.3, 0.4) is 0 Å². The third-order valence-electron chi connectivity index (χ3n) is 3.52. The molecule has 3 heteroatoms. The number of hydrogen-bond acceptors (Lipinski definition) is 3. The summed E-state index contributed by atoms with van der Waals surface area (Å²) in [6.45, 7) is 4.70. The fourth-order valence-corrected chi connectivity index (χ4v) is 2.54. The molecule has 0 N–H and O–H groups in total. The van der Waals surface area contributed by atoms with Gasteiger partial charge in [-0.3, -0.25) is 4.90 Å². The quantitative estimate of drug-likeness (QED) is 0.783. The zero-order chi connectivity index (χ0) is 12.1. The van der Waals surface area contributed by atoms with E-state index in [1.807, 2.05) is 12.3 Å². The first-order chi connectivity index (χ1) is 8.35. The Bertz CT molecular complexity index is 337. The van der Waals surface area contributed by atoms with Gasteiger partial charge in [0.1, 0.15) is 0 Å². The zero-order valence-electron chi connectivity index (χ0n) is 10.9. The van der Waals surface area contributed by atoms with Crippen molar-refractivity contribution < 1.29 is 4.74 Å². The highest BCUT2D eigenvalue weighted by atomic mass is 16.5. The minimum atomic E-state index is 0.569. The van der Waals surface area contributed by atoms with Gasteiger partial charge in [-0.2, -0.15) is 0 Å². The van der Waals surface area contributed by atoms with Gasteiger partial charge in [0.2, 0.25) is 5.88 Å². The average Bonchev–Trinajstić information content (AvgIpc) is 2.84. The Hall–Kier alpha value is -1.09. The first-order valence-electron chi connectivity index (χ1n) is 6.59. The van der Waals surface area contributed by atoms with E-state index < -0.39 is 0 Å². The summed E-state index contributed by atoms with van der Waals surface area (Å²) in [6, 6.07) is 4.69. The fourth-order valence-electron chi connectivity index (χ4n) is 2.54. The van der Waals surface area contributed by atoms with Crippen LogP contribution in [0.4, 0.5) is 0 Å². The van der Waals surface area contributed by atoms with Crippen LogP contribution in [0.2, 0.25) is 0 Å². The van der Waals surface area contributed by atoms with Crippen molar-refractivity contribution in [1.82, 2.24) is 9.88 Å². The Kier molecular flexibility index (Phi) is 4.37. The van der Waals surface area contributed by atoms with E-state index in [0.717, 1.165) is 0 Å². The molecule has 1 aromatic rings. The van der Waals surface area contributed by atoms with Gasteiger partial charge in [0.05, 0.1) is 7.11 Å². The van der Waals surface area contributed by atoms with Crippen molar-refractivity contribution in [2.24, 2.45) is 0 Å². The normalized spacial score (nSPS) is 20.7. The van der Waals surface area contributed by atoms with Crippen molar-refractivity contribution in [2.75, 3.05) is 20.2 Å². The monoisotopic (exact) mass is 234 g/mol. The van der Waals surface area contributed by atoms with Crippen molar-refractivity contribution in [1.29, 1.82) is 0 Å². The lowest BCUT2D eigenvalue weighted by Crippen LogP contribution is -2.24. The molecule has 94 valence electrons. The molecule has 0 amide bonds. The standard InChI is InChI=1S/C14H22N2O/c1-3-4-9-16-10-5-6-13(16)12-7-8-14(17-2)15-11-12/h7-8,11,13H,3-6,9-10H2,1-2H3/t13-/m0/s1. The van der Waals surface area contributed by atoms with E-state index in [2.05, 4.69) is 22.9 Å². The second-order valence-corrected chi connectivity index (χ2v) is 4.68. The first kappa shape index (κ1) is 12.4. The zero-order valence-corrected chi connectivity index (χ0v) is 10.9. The first-order valence-corrected chi connectivity index (χ1v) is 6.59. The van der Waals surface area contributed by atoms with Crippen molar-refractivity contribution in [3.63, 3.8) is 0 Å². The summed E-state index contributed by atoms with van der Waals surface area (Å²) in [5.74, 6) is 0.701. The summed E-state index contributed by atoms with van der Waals surface area (Å²) < 4.78 is 5.10. The highest BCUT2D eigenvalue weighted by Crippen LogP contribution is 2.32. The molecular formula is C14H22N2O. The molecule has 0 radical (unpaired) electrons. The summed E-state index contributed by atoms with van der Waals surface area (Å²) in [6.07, 6.45) is 7.09. The molecule has 1 atom stereocenters. The van der Waals surface area contributed by atoms with Gasteiger partial charge in [-0.1, -0.05) is 19.4 Å². The number of rotatable bonds is 5. The molecule has 0 bridgehead atoms. The Balaban J connectivity index is 2.03. The molecule has 1 fully saturated rings. The van der Waals surface area contributed by atoms with Crippen molar-refractivity contribution in [3.8, 4) is 5.88 Å². The predicted octanol–water partition coefficient (Wildman–Crippen LogP) is 3.03. The molecule has 2 rings (SSSR count). The van der Waals surface area contributed by atoms with E-state index in [0.29, 0.717) is 11.9 Å². The van der Waals surface area contributed by atoms with Gasteiger partial charge >= 0.3 is 0 Å². The van der Waals surface area contributed by atoms with E-state index in [1.54, 1.807) is 7.11 Å². The maximum absolute atomic E-state index is 5.10. The average molecular weight is 234 g/mol. The van der Waals surface area contributed by atoms with E-state index in [9.17, 15) is 0 Å². The van der Waals surface area contributed by atoms with Crippen LogP contribution in [-0.2, 0) is 0 Å². The molecule has 2 heterocycles. The predicted molar refractivity (Wildman–Crippen MR) is 69.2 cm³/mol. The minimum Gasteiger partial charge on any atom is -0.481 e. The summed E-state index contributed by atoms with van der Waals surface area (Å²) in [4.78, 5) is 6.90. The number of aromatic nitrogens is 1. The van der Waals surface area contributed by atoms with Crippen LogP contribution in [0.15, 0.2) is 18.3 Å². The van der Waals surface area contributed by atoms with Gasteiger partial charge in [0, 0.05) is 18.3 Å². The SMILES string of the molecule is CCCCN1CCC[C@H]1c1ccc(OC)nc1.